The van der Waals surface area contributed by atoms with Gasteiger partial charge in [0.25, 0.3) is 5.91 Å². The van der Waals surface area contributed by atoms with E-state index in [1.807, 2.05) is 17.7 Å². The van der Waals surface area contributed by atoms with E-state index in [0.717, 1.165) is 17.7 Å². The van der Waals surface area contributed by atoms with E-state index in [1.165, 1.54) is 11.3 Å². The van der Waals surface area contributed by atoms with Crippen LogP contribution < -0.4 is 10.6 Å². The lowest BCUT2D eigenvalue weighted by Gasteiger charge is -2.13. The van der Waals surface area contributed by atoms with Crippen LogP contribution in [0.25, 0.3) is 0 Å². The molecule has 17 heavy (non-hydrogen) atoms. The summed E-state index contributed by atoms with van der Waals surface area (Å²) in [6.45, 7) is 3.85. The zero-order valence-corrected chi connectivity index (χ0v) is 11.2. The van der Waals surface area contributed by atoms with Crippen LogP contribution in [-0.2, 0) is 0 Å². The van der Waals surface area contributed by atoms with E-state index < -0.39 is 0 Å². The summed E-state index contributed by atoms with van der Waals surface area (Å²) in [5, 5.41) is 19.3. The first-order chi connectivity index (χ1) is 7.68. The van der Waals surface area contributed by atoms with Crippen molar-refractivity contribution in [3.8, 4) is 0 Å². The maximum Gasteiger partial charge on any atom is 0.252 e. The molecule has 0 saturated carbocycles. The summed E-state index contributed by atoms with van der Waals surface area (Å²) in [6, 6.07) is 0. The Kier molecular flexibility index (Phi) is 5.39. The fourth-order valence-electron chi connectivity index (χ4n) is 1.84. The predicted octanol–water partition coefficient (Wildman–Crippen LogP) is 0.788. The van der Waals surface area contributed by atoms with Gasteiger partial charge in [-0.1, -0.05) is 0 Å². The molecule has 0 aliphatic carbocycles. The molecule has 1 saturated heterocycles. The SMILES string of the molecule is Cc1cscc1C(=O)NCC1CNCC1O.Cl. The number of aliphatic hydroxyl groups is 1. The van der Waals surface area contributed by atoms with Gasteiger partial charge in [-0.25, -0.2) is 0 Å². The summed E-state index contributed by atoms with van der Waals surface area (Å²) in [7, 11) is 0. The molecule has 0 spiro atoms. The number of carbonyl (C=O) groups is 1. The monoisotopic (exact) mass is 276 g/mol. The molecule has 4 nitrogen and oxygen atoms in total. The number of halogens is 1. The van der Waals surface area contributed by atoms with Crippen molar-refractivity contribution in [1.29, 1.82) is 0 Å². The van der Waals surface area contributed by atoms with E-state index in [9.17, 15) is 9.90 Å². The van der Waals surface area contributed by atoms with Crippen molar-refractivity contribution >= 4 is 29.7 Å². The molecule has 2 atom stereocenters. The summed E-state index contributed by atoms with van der Waals surface area (Å²) in [5.41, 5.74) is 1.75. The number of amides is 1. The Morgan fingerprint density at radius 3 is 2.88 bits per heavy atom. The quantitative estimate of drug-likeness (QED) is 0.765. The molecule has 0 bridgehead atoms. The molecular weight excluding hydrogens is 260 g/mol. The first kappa shape index (κ1) is 14.4. The number of nitrogens with one attached hydrogen (secondary N) is 2. The predicted molar refractivity (Wildman–Crippen MR) is 71.0 cm³/mol. The fourth-order valence-corrected chi connectivity index (χ4v) is 2.67. The average molecular weight is 277 g/mol. The van der Waals surface area contributed by atoms with Crippen LogP contribution in [0.2, 0.25) is 0 Å². The lowest BCUT2D eigenvalue weighted by atomic mass is 10.1. The van der Waals surface area contributed by atoms with Crippen molar-refractivity contribution < 1.29 is 9.90 Å². The van der Waals surface area contributed by atoms with E-state index in [1.54, 1.807) is 0 Å². The van der Waals surface area contributed by atoms with Crippen LogP contribution in [0.5, 0.6) is 0 Å². The minimum Gasteiger partial charge on any atom is -0.391 e. The molecule has 2 rings (SSSR count). The lowest BCUT2D eigenvalue weighted by Crippen LogP contribution is -2.34. The van der Waals surface area contributed by atoms with Crippen LogP contribution in [-0.4, -0.2) is 36.8 Å². The van der Waals surface area contributed by atoms with Gasteiger partial charge >= 0.3 is 0 Å². The maximum atomic E-state index is 11.8. The van der Waals surface area contributed by atoms with Crippen molar-refractivity contribution in [2.45, 2.75) is 13.0 Å². The average Bonchev–Trinajstić information content (AvgIpc) is 2.84. The van der Waals surface area contributed by atoms with E-state index in [4.69, 9.17) is 0 Å². The first-order valence-corrected chi connectivity index (χ1v) is 6.32. The summed E-state index contributed by atoms with van der Waals surface area (Å²) in [6.07, 6.45) is -0.344. The Morgan fingerprint density at radius 1 is 1.59 bits per heavy atom. The molecule has 0 aromatic carbocycles. The minimum atomic E-state index is -0.344. The van der Waals surface area contributed by atoms with Crippen LogP contribution in [0.3, 0.4) is 0 Å². The third-order valence-electron chi connectivity index (χ3n) is 2.93. The van der Waals surface area contributed by atoms with Gasteiger partial charge in [-0.2, -0.15) is 11.3 Å². The highest BCUT2D eigenvalue weighted by atomic mass is 35.5. The summed E-state index contributed by atoms with van der Waals surface area (Å²) in [5.74, 6) is 0.0840. The maximum absolute atomic E-state index is 11.8. The van der Waals surface area contributed by atoms with Crippen molar-refractivity contribution in [2.75, 3.05) is 19.6 Å². The van der Waals surface area contributed by atoms with Gasteiger partial charge < -0.3 is 15.7 Å². The molecule has 1 aromatic rings. The van der Waals surface area contributed by atoms with Gasteiger partial charge in [-0.05, 0) is 17.9 Å². The van der Waals surface area contributed by atoms with Gasteiger partial charge in [0.05, 0.1) is 11.7 Å². The second-order valence-electron chi connectivity index (χ2n) is 4.16. The van der Waals surface area contributed by atoms with E-state index in [2.05, 4.69) is 10.6 Å². The van der Waals surface area contributed by atoms with Gasteiger partial charge in [0, 0.05) is 30.9 Å². The van der Waals surface area contributed by atoms with Gasteiger partial charge in [0.2, 0.25) is 0 Å². The Labute approximate surface area is 111 Å². The van der Waals surface area contributed by atoms with E-state index in [0.29, 0.717) is 13.1 Å². The fraction of sp³-hybridized carbons (Fsp3) is 0.545. The summed E-state index contributed by atoms with van der Waals surface area (Å²) < 4.78 is 0. The van der Waals surface area contributed by atoms with Gasteiger partial charge in [-0.3, -0.25) is 4.79 Å². The molecule has 2 unspecified atom stereocenters. The molecule has 1 aromatic heterocycles. The largest absolute Gasteiger partial charge is 0.391 e. The molecule has 0 radical (unpaired) electrons. The van der Waals surface area contributed by atoms with Crippen LogP contribution >= 0.6 is 23.7 Å². The molecule has 3 N–H and O–H groups in total. The van der Waals surface area contributed by atoms with E-state index in [-0.39, 0.29) is 30.3 Å². The van der Waals surface area contributed by atoms with Gasteiger partial charge in [0.15, 0.2) is 0 Å². The van der Waals surface area contributed by atoms with Crippen LogP contribution in [0.1, 0.15) is 15.9 Å². The second kappa shape index (κ2) is 6.35. The van der Waals surface area contributed by atoms with Crippen molar-refractivity contribution in [1.82, 2.24) is 10.6 Å². The van der Waals surface area contributed by atoms with Crippen LogP contribution in [0, 0.1) is 12.8 Å². The molecule has 1 fully saturated rings. The van der Waals surface area contributed by atoms with Gasteiger partial charge in [0.1, 0.15) is 0 Å². The Bertz CT molecular complexity index is 383. The summed E-state index contributed by atoms with van der Waals surface area (Å²) >= 11 is 1.53. The third-order valence-corrected chi connectivity index (χ3v) is 3.79. The van der Waals surface area contributed by atoms with Crippen molar-refractivity contribution in [2.24, 2.45) is 5.92 Å². The van der Waals surface area contributed by atoms with Crippen molar-refractivity contribution in [3.63, 3.8) is 0 Å². The highest BCUT2D eigenvalue weighted by molar-refractivity contribution is 7.08. The molecule has 1 amide bonds. The molecule has 1 aliphatic heterocycles. The highest BCUT2D eigenvalue weighted by Crippen LogP contribution is 2.14. The highest BCUT2D eigenvalue weighted by Gasteiger charge is 2.25. The number of hydrogen-bond acceptors (Lipinski definition) is 4. The van der Waals surface area contributed by atoms with Crippen molar-refractivity contribution in [3.05, 3.63) is 21.9 Å². The summed E-state index contributed by atoms with van der Waals surface area (Å²) in [4.78, 5) is 11.8. The Balaban J connectivity index is 0.00000144. The number of hydrogen-bond donors (Lipinski definition) is 3. The van der Waals surface area contributed by atoms with E-state index >= 15 is 0 Å². The standard InChI is InChI=1S/C11H16N2O2S.ClH/c1-7-5-16-6-9(7)11(15)13-3-8-2-12-4-10(8)14;/h5-6,8,10,12,14H,2-4H2,1H3,(H,13,15);1H. The van der Waals surface area contributed by atoms with Gasteiger partial charge in [-0.15, -0.1) is 12.4 Å². The molecule has 2 heterocycles. The zero-order valence-electron chi connectivity index (χ0n) is 9.60. The number of thiophene rings is 1. The normalized spacial score (nSPS) is 23.2. The smallest absolute Gasteiger partial charge is 0.252 e. The molecule has 1 aliphatic rings. The number of carbonyl (C=O) groups excluding carboxylic acids is 1. The Morgan fingerprint density at radius 2 is 2.35 bits per heavy atom. The second-order valence-corrected chi connectivity index (χ2v) is 4.91. The number of aryl methyl sites for hydroxylation is 1. The number of β-amino-alcohol motifs (C(OH)–C–C–N with tert-alkyl or cyclic N) is 1. The lowest BCUT2D eigenvalue weighted by molar-refractivity contribution is 0.0927. The molecular formula is C11H17ClN2O2S. The Hall–Kier alpha value is -0.620. The molecule has 6 heteroatoms. The van der Waals surface area contributed by atoms with Crippen LogP contribution in [0.15, 0.2) is 10.8 Å². The number of aliphatic hydroxyl groups excluding tert-OH is 1. The first-order valence-electron chi connectivity index (χ1n) is 5.38. The molecule has 96 valence electrons. The minimum absolute atomic E-state index is 0. The topological polar surface area (TPSA) is 61.4 Å². The van der Waals surface area contributed by atoms with Crippen LogP contribution in [0.4, 0.5) is 0 Å². The number of rotatable bonds is 3. The zero-order chi connectivity index (χ0) is 11.5. The third kappa shape index (κ3) is 3.42.